The number of aliphatic hydroxyl groups excluding tert-OH is 2. The van der Waals surface area contributed by atoms with Crippen LogP contribution in [0.1, 0.15) is 45.2 Å². The Morgan fingerprint density at radius 1 is 1.00 bits per heavy atom. The van der Waals surface area contributed by atoms with Gasteiger partial charge in [0.15, 0.2) is 0 Å². The molecule has 2 aromatic carbocycles. The molecule has 0 aliphatic heterocycles. The van der Waals surface area contributed by atoms with Gasteiger partial charge < -0.3 is 21.1 Å². The van der Waals surface area contributed by atoms with Crippen molar-refractivity contribution in [1.82, 2.24) is 9.42 Å². The number of hydrazine groups is 1. The smallest absolute Gasteiger partial charge is 0.423 e. The molecule has 2 rings (SSSR count). The predicted molar refractivity (Wildman–Crippen MR) is 134 cm³/mol. The van der Waals surface area contributed by atoms with Gasteiger partial charge in [-0.25, -0.2) is 14.0 Å². The van der Waals surface area contributed by atoms with Crippen LogP contribution >= 0.6 is 0 Å². The zero-order valence-electron chi connectivity index (χ0n) is 20.2. The molecule has 0 saturated carbocycles. The van der Waals surface area contributed by atoms with Gasteiger partial charge in [-0.05, 0) is 58.1 Å². The van der Waals surface area contributed by atoms with Crippen molar-refractivity contribution in [3.8, 4) is 0 Å². The fourth-order valence-electron chi connectivity index (χ4n) is 3.58. The Morgan fingerprint density at radius 3 is 1.94 bits per heavy atom. The Labute approximate surface area is 204 Å². The van der Waals surface area contributed by atoms with Crippen LogP contribution < -0.4 is 5.73 Å². The summed E-state index contributed by atoms with van der Waals surface area (Å²) in [5, 5.41) is 32.5. The van der Waals surface area contributed by atoms with Crippen LogP contribution in [0.5, 0.6) is 0 Å². The highest BCUT2D eigenvalue weighted by Gasteiger charge is 2.43. The standard InChI is InChI=1S/C25H37N3O5S/c1-18(29)21(17-20-13-9-6-10-14-20)27(24(31)32)28(34(33)25(2,3)4)23(26)22(30)16-15-19-11-7-5-8-12-19/h5-14,18,21-23,29-30H,15-17,26H2,1-4H3,(H,31,32). The second-order valence-electron chi connectivity index (χ2n) is 9.37. The molecule has 5 unspecified atom stereocenters. The minimum atomic E-state index is -1.94. The van der Waals surface area contributed by atoms with Crippen LogP contribution in [0.25, 0.3) is 0 Å². The van der Waals surface area contributed by atoms with Gasteiger partial charge in [0.25, 0.3) is 0 Å². The molecule has 0 heterocycles. The number of rotatable bonds is 11. The molecule has 5 atom stereocenters. The highest BCUT2D eigenvalue weighted by molar-refractivity contribution is 7.84. The number of aryl methyl sites for hydroxylation is 1. The van der Waals surface area contributed by atoms with E-state index in [1.54, 1.807) is 20.8 Å². The lowest BCUT2D eigenvalue weighted by Gasteiger charge is -2.44. The largest absolute Gasteiger partial charge is 0.464 e. The van der Waals surface area contributed by atoms with Crippen LogP contribution in [-0.2, 0) is 23.8 Å². The van der Waals surface area contributed by atoms with Crippen molar-refractivity contribution < 1.29 is 24.3 Å². The molecule has 0 saturated heterocycles. The van der Waals surface area contributed by atoms with E-state index in [9.17, 15) is 24.3 Å². The predicted octanol–water partition coefficient (Wildman–Crippen LogP) is 2.92. The molecule has 0 spiro atoms. The van der Waals surface area contributed by atoms with E-state index in [4.69, 9.17) is 5.73 Å². The first-order valence-corrected chi connectivity index (χ1v) is 12.5. The van der Waals surface area contributed by atoms with Gasteiger partial charge in [-0.15, -0.1) is 4.41 Å². The number of aliphatic hydroxyl groups is 2. The third-order valence-corrected chi connectivity index (χ3v) is 7.29. The number of hydrogen-bond donors (Lipinski definition) is 4. The maximum Gasteiger partial charge on any atom is 0.423 e. The van der Waals surface area contributed by atoms with E-state index < -0.39 is 46.2 Å². The summed E-state index contributed by atoms with van der Waals surface area (Å²) in [5.41, 5.74) is 8.19. The van der Waals surface area contributed by atoms with Crippen LogP contribution in [0, 0.1) is 0 Å². The zero-order valence-corrected chi connectivity index (χ0v) is 21.1. The summed E-state index contributed by atoms with van der Waals surface area (Å²) in [6.45, 7) is 6.59. The summed E-state index contributed by atoms with van der Waals surface area (Å²) >= 11 is 0. The number of nitrogens with two attached hydrogens (primary N) is 1. The summed E-state index contributed by atoms with van der Waals surface area (Å²) in [5.74, 6) is 0. The van der Waals surface area contributed by atoms with Crippen molar-refractivity contribution in [2.75, 3.05) is 0 Å². The first-order valence-electron chi connectivity index (χ1n) is 11.4. The summed E-state index contributed by atoms with van der Waals surface area (Å²) in [6, 6.07) is 17.7. The molecule has 188 valence electrons. The molecular weight excluding hydrogens is 454 g/mol. The van der Waals surface area contributed by atoms with Crippen molar-refractivity contribution in [2.24, 2.45) is 5.73 Å². The van der Waals surface area contributed by atoms with Gasteiger partial charge in [-0.2, -0.15) is 0 Å². The lowest BCUT2D eigenvalue weighted by molar-refractivity contribution is -0.0643. The average Bonchev–Trinajstić information content (AvgIpc) is 2.79. The molecule has 0 aromatic heterocycles. The molecular formula is C25H37N3O5S. The number of carbonyl (C=O) groups is 1. The number of nitrogens with zero attached hydrogens (tertiary/aromatic N) is 2. The fourth-order valence-corrected chi connectivity index (χ4v) is 4.85. The maximum absolute atomic E-state index is 13.6. The van der Waals surface area contributed by atoms with Gasteiger partial charge in [0.05, 0.1) is 23.0 Å². The SMILES string of the molecule is CC(O)C(Cc1ccccc1)N(C(=O)O)N(C(N)C(O)CCc1ccccc1)S(=O)C(C)(C)C. The topological polar surface area (TPSA) is 127 Å². The summed E-state index contributed by atoms with van der Waals surface area (Å²) in [6.07, 6.45) is -4.02. The monoisotopic (exact) mass is 491 g/mol. The number of benzene rings is 2. The molecule has 1 amide bonds. The van der Waals surface area contributed by atoms with Crippen molar-refractivity contribution in [1.29, 1.82) is 0 Å². The number of hydrogen-bond acceptors (Lipinski definition) is 5. The fraction of sp³-hybridized carbons (Fsp3) is 0.480. The Kier molecular flexibility index (Phi) is 10.2. The maximum atomic E-state index is 13.6. The van der Waals surface area contributed by atoms with Crippen LogP contribution in [-0.4, -0.2) is 64.2 Å². The molecule has 0 fully saturated rings. The van der Waals surface area contributed by atoms with Crippen molar-refractivity contribution >= 4 is 17.1 Å². The van der Waals surface area contributed by atoms with Gasteiger partial charge in [-0.1, -0.05) is 60.7 Å². The third-order valence-electron chi connectivity index (χ3n) is 5.48. The summed E-state index contributed by atoms with van der Waals surface area (Å²) in [7, 11) is -1.94. The van der Waals surface area contributed by atoms with Crippen LogP contribution in [0.3, 0.4) is 0 Å². The molecule has 0 bridgehead atoms. The van der Waals surface area contributed by atoms with Crippen LogP contribution in [0.2, 0.25) is 0 Å². The second kappa shape index (κ2) is 12.4. The molecule has 34 heavy (non-hydrogen) atoms. The Bertz CT molecular complexity index is 921. The molecule has 0 aliphatic carbocycles. The number of amides is 1. The Hall–Kier alpha value is -2.30. The Balaban J connectivity index is 2.40. The van der Waals surface area contributed by atoms with E-state index in [1.807, 2.05) is 60.7 Å². The van der Waals surface area contributed by atoms with E-state index in [-0.39, 0.29) is 12.8 Å². The molecule has 9 heteroatoms. The van der Waals surface area contributed by atoms with Crippen molar-refractivity contribution in [2.45, 2.75) is 76.1 Å². The quantitative estimate of drug-likeness (QED) is 0.283. The lowest BCUT2D eigenvalue weighted by Crippen LogP contribution is -2.66. The van der Waals surface area contributed by atoms with Gasteiger partial charge in [0.1, 0.15) is 17.2 Å². The van der Waals surface area contributed by atoms with Gasteiger partial charge in [-0.3, -0.25) is 0 Å². The average molecular weight is 492 g/mol. The molecule has 8 nitrogen and oxygen atoms in total. The van der Waals surface area contributed by atoms with E-state index in [2.05, 4.69) is 0 Å². The first-order chi connectivity index (χ1) is 15.9. The third kappa shape index (κ3) is 7.61. The number of carboxylic acid groups (broad SMARTS) is 1. The van der Waals surface area contributed by atoms with E-state index in [0.717, 1.165) is 20.6 Å². The lowest BCUT2D eigenvalue weighted by atomic mass is 10.0. The van der Waals surface area contributed by atoms with E-state index in [1.165, 1.54) is 6.92 Å². The minimum Gasteiger partial charge on any atom is -0.464 e. The summed E-state index contributed by atoms with van der Waals surface area (Å²) < 4.78 is 13.7. The second-order valence-corrected chi connectivity index (χ2v) is 11.5. The molecule has 0 aliphatic rings. The van der Waals surface area contributed by atoms with Crippen LogP contribution in [0.4, 0.5) is 4.79 Å². The Morgan fingerprint density at radius 2 is 1.50 bits per heavy atom. The normalized spacial score (nSPS) is 16.5. The summed E-state index contributed by atoms with van der Waals surface area (Å²) in [4.78, 5) is 12.5. The van der Waals surface area contributed by atoms with Gasteiger partial charge >= 0.3 is 6.09 Å². The van der Waals surface area contributed by atoms with E-state index in [0.29, 0.717) is 6.42 Å². The van der Waals surface area contributed by atoms with Crippen molar-refractivity contribution in [3.05, 3.63) is 71.8 Å². The van der Waals surface area contributed by atoms with E-state index >= 15 is 0 Å². The van der Waals surface area contributed by atoms with Gasteiger partial charge in [0.2, 0.25) is 0 Å². The van der Waals surface area contributed by atoms with Crippen LogP contribution in [0.15, 0.2) is 60.7 Å². The minimum absolute atomic E-state index is 0.176. The molecule has 5 N–H and O–H groups in total. The molecule has 2 aromatic rings. The highest BCUT2D eigenvalue weighted by atomic mass is 32.2. The molecule has 0 radical (unpaired) electrons. The van der Waals surface area contributed by atoms with Crippen molar-refractivity contribution in [3.63, 3.8) is 0 Å². The zero-order chi connectivity index (χ0) is 25.5. The highest BCUT2D eigenvalue weighted by Crippen LogP contribution is 2.25. The van der Waals surface area contributed by atoms with Gasteiger partial charge in [0, 0.05) is 0 Å². The first kappa shape index (κ1) is 27.9.